The predicted octanol–water partition coefficient (Wildman–Crippen LogP) is -4.02. The molecule has 0 rings (SSSR count). The van der Waals surface area contributed by atoms with Crippen LogP contribution in [0.2, 0.25) is 0 Å². The van der Waals surface area contributed by atoms with Gasteiger partial charge in [-0.3, -0.25) is 0 Å². The Morgan fingerprint density at radius 2 is 0.870 bits per heavy atom. The van der Waals surface area contributed by atoms with Gasteiger partial charge in [-0.05, 0) is 0 Å². The summed E-state index contributed by atoms with van der Waals surface area (Å²) in [6.07, 6.45) is 0. The maximum absolute atomic E-state index is 9.68. The number of nitrogens with two attached hydrogens (primary N) is 6. The molecule has 0 aliphatic heterocycles. The summed E-state index contributed by atoms with van der Waals surface area (Å²) in [7, 11) is 0. The molecule has 0 unspecified atom stereocenters. The summed E-state index contributed by atoms with van der Waals surface area (Å²) in [5.41, 5.74) is 27.9. The first kappa shape index (κ1) is 31.7. The number of urea groups is 2. The summed E-state index contributed by atoms with van der Waals surface area (Å²) in [6, 6.07) is -1.75. The van der Waals surface area contributed by atoms with E-state index in [2.05, 4.69) is 21.5 Å². The van der Waals surface area contributed by atoms with E-state index < -0.39 is 22.2 Å². The van der Waals surface area contributed by atoms with Gasteiger partial charge in [0.2, 0.25) is 0 Å². The molecular weight excluding hydrogens is 380 g/mol. The van der Waals surface area contributed by atoms with Gasteiger partial charge in [0.05, 0.1) is 0 Å². The Labute approximate surface area is 136 Å². The number of amides is 4. The number of aliphatic imine (C=N–C) groups is 2. The number of hydrogen-bond acceptors (Lipinski definition) is 6. The summed E-state index contributed by atoms with van der Waals surface area (Å²) in [5, 5.41) is 27.3. The topological polar surface area (TPSA) is 342 Å². The van der Waals surface area contributed by atoms with Crippen molar-refractivity contribution in [2.75, 3.05) is 0 Å². The molecule has 23 heavy (non-hydrogen) atoms. The average Bonchev–Trinajstić information content (AvgIpc) is 2.10. The van der Waals surface area contributed by atoms with Crippen LogP contribution in [0.15, 0.2) is 9.98 Å². The van der Waals surface area contributed by atoms with E-state index in [4.69, 9.17) is 53.6 Å². The number of guanidine groups is 2. The van der Waals surface area contributed by atoms with Crippen LogP contribution < -0.4 is 34.4 Å². The molecule has 0 saturated carbocycles. The molecular formula is C4H14CuN10O8+2. The van der Waals surface area contributed by atoms with Gasteiger partial charge in [0.25, 0.3) is 10.2 Å². The van der Waals surface area contributed by atoms with Gasteiger partial charge in [0.1, 0.15) is 0 Å². The second-order valence-electron chi connectivity index (χ2n) is 2.23. The van der Waals surface area contributed by atoms with Crippen molar-refractivity contribution in [3.8, 4) is 0 Å². The van der Waals surface area contributed by atoms with Crippen LogP contribution in [0.25, 0.3) is 0 Å². The fourth-order valence-electron chi connectivity index (χ4n) is 0.254. The smallest absolute Gasteiger partial charge is 0.370 e. The molecule has 137 valence electrons. The van der Waals surface area contributed by atoms with E-state index in [-0.39, 0.29) is 29.0 Å². The predicted molar refractivity (Wildman–Crippen MR) is 68.3 cm³/mol. The second-order valence-corrected chi connectivity index (χ2v) is 2.23. The van der Waals surface area contributed by atoms with Crippen LogP contribution in [0.4, 0.5) is 9.59 Å². The Balaban J connectivity index is -0.0000000639. The molecule has 0 fully saturated rings. The first-order chi connectivity index (χ1) is 9.72. The van der Waals surface area contributed by atoms with Gasteiger partial charge in [-0.2, -0.15) is 9.98 Å². The molecule has 0 aromatic heterocycles. The minimum Gasteiger partial charge on any atom is -0.370 e. The van der Waals surface area contributed by atoms with E-state index in [1.165, 1.54) is 0 Å². The Morgan fingerprint density at radius 1 is 0.739 bits per heavy atom. The molecule has 4 amide bonds. The third-order valence-electron chi connectivity index (χ3n) is 0.479. The molecule has 0 spiro atoms. The molecule has 1 radical (unpaired) electrons. The summed E-state index contributed by atoms with van der Waals surface area (Å²) in [6.45, 7) is 0. The maximum Gasteiger partial charge on any atom is 2.00 e. The fraction of sp³-hybridized carbons (Fsp3) is 0. The maximum atomic E-state index is 9.68. The van der Waals surface area contributed by atoms with E-state index in [1.807, 2.05) is 0 Å². The van der Waals surface area contributed by atoms with Crippen LogP contribution in [0, 0.1) is 20.2 Å². The van der Waals surface area contributed by atoms with E-state index in [1.54, 1.807) is 0 Å². The molecule has 0 bridgehead atoms. The first-order valence-corrected chi connectivity index (χ1v) is 4.17. The summed E-state index contributed by atoms with van der Waals surface area (Å²) in [4.78, 5) is 41.9. The SMILES string of the molecule is NC(=O)N=C(N)N.NC(=O)N=C(N)N.O=[N+]([O-])O.O=[N+]([O-])O.[Cu+2]. The third-order valence-corrected chi connectivity index (χ3v) is 0.479. The number of hydrogen-bond donors (Lipinski definition) is 8. The van der Waals surface area contributed by atoms with Crippen LogP contribution in [0.5, 0.6) is 0 Å². The van der Waals surface area contributed by atoms with Gasteiger partial charge in [0, 0.05) is 0 Å². The minimum atomic E-state index is -1.50. The van der Waals surface area contributed by atoms with Gasteiger partial charge < -0.3 is 44.8 Å². The summed E-state index contributed by atoms with van der Waals surface area (Å²) in [5.74, 6) is -0.625. The standard InChI is InChI=1S/2C2H6N4O.Cu.2HNO3/c2*3-1(4)6-2(5)7;;2*2-1(3)4/h2*(H6,3,4,5,6,7);;2*(H,2,3,4)/q;;+2;;. The normalized spacial score (nSPS) is 6.61. The van der Waals surface area contributed by atoms with Crippen LogP contribution in [0.3, 0.4) is 0 Å². The number of carbonyl (C=O) groups is 2. The van der Waals surface area contributed by atoms with Gasteiger partial charge in [0.15, 0.2) is 11.9 Å². The van der Waals surface area contributed by atoms with Crippen molar-refractivity contribution in [1.82, 2.24) is 0 Å². The van der Waals surface area contributed by atoms with Crippen LogP contribution in [0.1, 0.15) is 0 Å². The van der Waals surface area contributed by atoms with Crippen molar-refractivity contribution in [1.29, 1.82) is 0 Å². The Hall–Kier alpha value is -3.60. The largest absolute Gasteiger partial charge is 2.00 e. The van der Waals surface area contributed by atoms with Crippen molar-refractivity contribution in [3.63, 3.8) is 0 Å². The molecule has 0 aromatic rings. The van der Waals surface area contributed by atoms with Crippen molar-refractivity contribution < 1.29 is 47.2 Å². The van der Waals surface area contributed by atoms with Gasteiger partial charge in [-0.25, -0.2) is 9.59 Å². The van der Waals surface area contributed by atoms with E-state index in [0.717, 1.165) is 0 Å². The van der Waals surface area contributed by atoms with Gasteiger partial charge in [-0.15, -0.1) is 20.2 Å². The van der Waals surface area contributed by atoms with Crippen LogP contribution in [-0.2, 0) is 17.1 Å². The molecule has 0 heterocycles. The molecule has 0 aliphatic rings. The van der Waals surface area contributed by atoms with E-state index in [0.29, 0.717) is 0 Å². The molecule has 19 heteroatoms. The Morgan fingerprint density at radius 3 is 0.870 bits per heavy atom. The Kier molecular flexibility index (Phi) is 28.5. The monoisotopic (exact) mass is 393 g/mol. The minimum absolute atomic E-state index is 0. The Bertz CT molecular complexity index is 381. The zero-order chi connectivity index (χ0) is 18.9. The van der Waals surface area contributed by atoms with Crippen molar-refractivity contribution in [2.45, 2.75) is 0 Å². The van der Waals surface area contributed by atoms with Gasteiger partial charge >= 0.3 is 29.1 Å². The van der Waals surface area contributed by atoms with E-state index >= 15 is 0 Å². The average molecular weight is 394 g/mol. The van der Waals surface area contributed by atoms with Crippen molar-refractivity contribution in [3.05, 3.63) is 20.2 Å². The van der Waals surface area contributed by atoms with E-state index in [9.17, 15) is 9.59 Å². The molecule has 0 atom stereocenters. The molecule has 0 saturated heterocycles. The van der Waals surface area contributed by atoms with Crippen LogP contribution >= 0.6 is 0 Å². The van der Waals surface area contributed by atoms with Crippen molar-refractivity contribution in [2.24, 2.45) is 44.4 Å². The summed E-state index contributed by atoms with van der Waals surface area (Å²) >= 11 is 0. The summed E-state index contributed by atoms with van der Waals surface area (Å²) < 4.78 is 0. The zero-order valence-corrected chi connectivity index (χ0v) is 11.8. The molecule has 0 aromatic carbocycles. The second kappa shape index (κ2) is 20.7. The third kappa shape index (κ3) is 256. The van der Waals surface area contributed by atoms with Gasteiger partial charge in [-0.1, -0.05) is 0 Å². The fourth-order valence-corrected chi connectivity index (χ4v) is 0.254. The number of rotatable bonds is 0. The quantitative estimate of drug-likeness (QED) is 0.0640. The molecule has 18 nitrogen and oxygen atoms in total. The molecule has 14 N–H and O–H groups in total. The molecule has 0 aliphatic carbocycles. The van der Waals surface area contributed by atoms with Crippen molar-refractivity contribution >= 4 is 24.0 Å². The zero-order valence-electron chi connectivity index (χ0n) is 10.9. The van der Waals surface area contributed by atoms with Crippen LogP contribution in [-0.4, -0.2) is 44.6 Å². The number of nitrogens with zero attached hydrogens (tertiary/aromatic N) is 4. The number of primary amides is 2. The number of carbonyl (C=O) groups excluding carboxylic acids is 2. The first-order valence-electron chi connectivity index (χ1n) is 4.17.